The van der Waals surface area contributed by atoms with Crippen LogP contribution in [0.5, 0.6) is 17.2 Å². The minimum atomic E-state index is -0.857. The molecule has 19 heavy (non-hydrogen) atoms. The van der Waals surface area contributed by atoms with Crippen LogP contribution in [0.25, 0.3) is 0 Å². The lowest BCUT2D eigenvalue weighted by atomic mass is 10.2. The summed E-state index contributed by atoms with van der Waals surface area (Å²) in [7, 11) is 1.51. The zero-order valence-electron chi connectivity index (χ0n) is 9.91. The molecule has 0 heterocycles. The molecular formula is C13H10BrF2NO2. The van der Waals surface area contributed by atoms with E-state index in [1.807, 2.05) is 0 Å². The normalized spacial score (nSPS) is 10.3. The van der Waals surface area contributed by atoms with E-state index < -0.39 is 17.4 Å². The molecule has 100 valence electrons. The lowest BCUT2D eigenvalue weighted by Crippen LogP contribution is -1.96. The van der Waals surface area contributed by atoms with Crippen LogP contribution in [0.15, 0.2) is 34.8 Å². The molecule has 6 heteroatoms. The Morgan fingerprint density at radius 3 is 2.26 bits per heavy atom. The van der Waals surface area contributed by atoms with Crippen LogP contribution in [0.2, 0.25) is 0 Å². The molecule has 0 aliphatic heterocycles. The molecule has 2 aromatic carbocycles. The number of nitrogens with two attached hydrogens (primary N) is 1. The molecule has 0 fully saturated rings. The van der Waals surface area contributed by atoms with E-state index >= 15 is 0 Å². The quantitative estimate of drug-likeness (QED) is 0.862. The molecule has 0 saturated heterocycles. The van der Waals surface area contributed by atoms with Gasteiger partial charge in [0.1, 0.15) is 11.5 Å². The number of hydrogen-bond donors (Lipinski definition) is 1. The Morgan fingerprint density at radius 1 is 1.11 bits per heavy atom. The van der Waals surface area contributed by atoms with E-state index in [0.717, 1.165) is 12.1 Å². The number of rotatable bonds is 3. The first-order chi connectivity index (χ1) is 9.01. The fourth-order valence-corrected chi connectivity index (χ4v) is 2.03. The fourth-order valence-electron chi connectivity index (χ4n) is 1.51. The number of methoxy groups -OCH3 is 1. The Kier molecular flexibility index (Phi) is 3.90. The molecular weight excluding hydrogens is 320 g/mol. The molecule has 0 aromatic heterocycles. The van der Waals surface area contributed by atoms with Gasteiger partial charge in [-0.1, -0.05) is 0 Å². The molecule has 2 aromatic rings. The van der Waals surface area contributed by atoms with Crippen LogP contribution in [0, 0.1) is 11.6 Å². The maximum atomic E-state index is 13.6. The monoisotopic (exact) mass is 329 g/mol. The zero-order chi connectivity index (χ0) is 14.0. The standard InChI is InChI=1S/C13H10BrF2NO2/c1-18-12-3-2-8(6-9(12)14)19-13-10(15)4-7(17)5-11(13)16/h2-6H,17H2,1H3. The highest BCUT2D eigenvalue weighted by Gasteiger charge is 2.13. The Labute approximate surface area is 117 Å². The minimum absolute atomic E-state index is 0.00161. The SMILES string of the molecule is COc1ccc(Oc2c(F)cc(N)cc2F)cc1Br. The number of nitrogen functional groups attached to an aromatic ring is 1. The Morgan fingerprint density at radius 2 is 1.74 bits per heavy atom. The highest BCUT2D eigenvalue weighted by atomic mass is 79.9. The average molecular weight is 330 g/mol. The number of hydrogen-bond acceptors (Lipinski definition) is 3. The van der Waals surface area contributed by atoms with Crippen molar-refractivity contribution in [2.24, 2.45) is 0 Å². The van der Waals surface area contributed by atoms with E-state index in [-0.39, 0.29) is 11.4 Å². The summed E-state index contributed by atoms with van der Waals surface area (Å²) in [5.74, 6) is -1.35. The summed E-state index contributed by atoms with van der Waals surface area (Å²) in [6, 6.07) is 6.70. The molecule has 0 unspecified atom stereocenters. The van der Waals surface area contributed by atoms with Gasteiger partial charge in [0, 0.05) is 17.8 Å². The first-order valence-corrected chi connectivity index (χ1v) is 6.06. The largest absolute Gasteiger partial charge is 0.496 e. The van der Waals surface area contributed by atoms with Gasteiger partial charge in [0.2, 0.25) is 0 Å². The summed E-state index contributed by atoms with van der Waals surface area (Å²) in [5, 5.41) is 0. The Bertz CT molecular complexity index is 597. The lowest BCUT2D eigenvalue weighted by Gasteiger charge is -2.10. The van der Waals surface area contributed by atoms with Crippen LogP contribution in [-0.2, 0) is 0 Å². The number of benzene rings is 2. The molecule has 2 N–H and O–H groups in total. The molecule has 0 bridgehead atoms. The molecule has 0 spiro atoms. The highest BCUT2D eigenvalue weighted by molar-refractivity contribution is 9.10. The maximum absolute atomic E-state index is 13.6. The van der Waals surface area contributed by atoms with E-state index in [1.54, 1.807) is 18.2 Å². The third-order valence-corrected chi connectivity index (χ3v) is 2.98. The summed E-state index contributed by atoms with van der Waals surface area (Å²) in [6.45, 7) is 0. The van der Waals surface area contributed by atoms with Gasteiger partial charge in [0.15, 0.2) is 17.4 Å². The van der Waals surface area contributed by atoms with Crippen molar-refractivity contribution in [2.45, 2.75) is 0 Å². The van der Waals surface area contributed by atoms with Crippen molar-refractivity contribution in [3.8, 4) is 17.2 Å². The molecule has 0 aliphatic carbocycles. The van der Waals surface area contributed by atoms with Gasteiger partial charge in [0.05, 0.1) is 11.6 Å². The van der Waals surface area contributed by atoms with Crippen molar-refractivity contribution in [1.29, 1.82) is 0 Å². The van der Waals surface area contributed by atoms with Gasteiger partial charge in [-0.15, -0.1) is 0 Å². The molecule has 2 rings (SSSR count). The van der Waals surface area contributed by atoms with Gasteiger partial charge in [-0.3, -0.25) is 0 Å². The first kappa shape index (κ1) is 13.6. The van der Waals surface area contributed by atoms with E-state index in [0.29, 0.717) is 10.2 Å². The predicted molar refractivity (Wildman–Crippen MR) is 71.5 cm³/mol. The zero-order valence-corrected chi connectivity index (χ0v) is 11.5. The van der Waals surface area contributed by atoms with Gasteiger partial charge in [-0.05, 0) is 34.1 Å². The van der Waals surface area contributed by atoms with E-state index in [1.165, 1.54) is 7.11 Å². The van der Waals surface area contributed by atoms with Crippen LogP contribution in [0.3, 0.4) is 0 Å². The van der Waals surface area contributed by atoms with Crippen LogP contribution < -0.4 is 15.2 Å². The van der Waals surface area contributed by atoms with Gasteiger partial charge >= 0.3 is 0 Å². The average Bonchev–Trinajstić information content (AvgIpc) is 2.34. The molecule has 0 radical (unpaired) electrons. The van der Waals surface area contributed by atoms with Crippen LogP contribution >= 0.6 is 15.9 Å². The van der Waals surface area contributed by atoms with Gasteiger partial charge in [-0.25, -0.2) is 8.78 Å². The van der Waals surface area contributed by atoms with E-state index in [2.05, 4.69) is 15.9 Å². The summed E-state index contributed by atoms with van der Waals surface area (Å²) in [5.41, 5.74) is 5.32. The lowest BCUT2D eigenvalue weighted by molar-refractivity contribution is 0.399. The molecule has 0 atom stereocenters. The summed E-state index contributed by atoms with van der Waals surface area (Å²) >= 11 is 3.26. The summed E-state index contributed by atoms with van der Waals surface area (Å²) in [6.07, 6.45) is 0. The van der Waals surface area contributed by atoms with Crippen LogP contribution in [0.4, 0.5) is 14.5 Å². The second-order valence-corrected chi connectivity index (χ2v) is 4.57. The summed E-state index contributed by atoms with van der Waals surface area (Å²) < 4.78 is 38.0. The summed E-state index contributed by atoms with van der Waals surface area (Å²) in [4.78, 5) is 0. The van der Waals surface area contributed by atoms with Crippen LogP contribution in [0.1, 0.15) is 0 Å². The number of anilines is 1. The highest BCUT2D eigenvalue weighted by Crippen LogP contribution is 2.33. The van der Waals surface area contributed by atoms with Crippen molar-refractivity contribution >= 4 is 21.6 Å². The minimum Gasteiger partial charge on any atom is -0.496 e. The van der Waals surface area contributed by atoms with Gasteiger partial charge in [0.25, 0.3) is 0 Å². The molecule has 0 aliphatic rings. The van der Waals surface area contributed by atoms with Crippen molar-refractivity contribution in [3.05, 3.63) is 46.4 Å². The van der Waals surface area contributed by atoms with Crippen molar-refractivity contribution in [1.82, 2.24) is 0 Å². The van der Waals surface area contributed by atoms with Crippen molar-refractivity contribution in [3.63, 3.8) is 0 Å². The molecule has 0 amide bonds. The smallest absolute Gasteiger partial charge is 0.198 e. The third-order valence-electron chi connectivity index (χ3n) is 2.36. The van der Waals surface area contributed by atoms with Gasteiger partial charge in [-0.2, -0.15) is 0 Å². The van der Waals surface area contributed by atoms with E-state index in [9.17, 15) is 8.78 Å². The molecule has 3 nitrogen and oxygen atoms in total. The first-order valence-electron chi connectivity index (χ1n) is 5.27. The molecule has 0 saturated carbocycles. The number of halogens is 3. The van der Waals surface area contributed by atoms with Crippen molar-refractivity contribution in [2.75, 3.05) is 12.8 Å². The maximum Gasteiger partial charge on any atom is 0.198 e. The van der Waals surface area contributed by atoms with E-state index in [4.69, 9.17) is 15.2 Å². The second-order valence-electron chi connectivity index (χ2n) is 3.71. The Hall–Kier alpha value is -1.82. The second kappa shape index (κ2) is 5.44. The fraction of sp³-hybridized carbons (Fsp3) is 0.0769. The topological polar surface area (TPSA) is 44.5 Å². The van der Waals surface area contributed by atoms with Gasteiger partial charge < -0.3 is 15.2 Å². The predicted octanol–water partition coefficient (Wildman–Crippen LogP) is 4.11. The van der Waals surface area contributed by atoms with Crippen molar-refractivity contribution < 1.29 is 18.3 Å². The number of ether oxygens (including phenoxy) is 2. The Balaban J connectivity index is 2.34. The van der Waals surface area contributed by atoms with Crippen LogP contribution in [-0.4, -0.2) is 7.11 Å². The third kappa shape index (κ3) is 2.96.